The van der Waals surface area contributed by atoms with Gasteiger partial charge in [-0.15, -0.1) is 0 Å². The molecule has 2 rings (SSSR count). The van der Waals surface area contributed by atoms with E-state index in [2.05, 4.69) is 10.1 Å². The summed E-state index contributed by atoms with van der Waals surface area (Å²) in [5, 5.41) is 4.27. The number of carbonyl (C=O) groups excluding carboxylic acids is 1. The van der Waals surface area contributed by atoms with Crippen LogP contribution in [0.4, 0.5) is 0 Å². The van der Waals surface area contributed by atoms with Crippen LogP contribution >= 0.6 is 0 Å². The number of nitrogens with zero attached hydrogens (tertiary/aromatic N) is 3. The molecule has 4 heteroatoms. The van der Waals surface area contributed by atoms with E-state index in [0.717, 1.165) is 17.8 Å². The first-order valence-corrected chi connectivity index (χ1v) is 5.66. The fourth-order valence-electron chi connectivity index (χ4n) is 1.79. The zero-order valence-corrected chi connectivity index (χ0v) is 10.1. The van der Waals surface area contributed by atoms with Crippen LogP contribution in [0.1, 0.15) is 28.7 Å². The lowest BCUT2D eigenvalue weighted by molar-refractivity contribution is 0.0991. The largest absolute Gasteiger partial charge is 0.294 e. The standard InChI is InChI=1S/C13H15N3O/c1-3-12-11(9-16(2)15-12)13(17)8-10-6-4-5-7-14-10/h4-7,9H,3,8H2,1-2H3. The van der Waals surface area contributed by atoms with E-state index in [1.807, 2.05) is 32.2 Å². The Balaban J connectivity index is 2.20. The summed E-state index contributed by atoms with van der Waals surface area (Å²) in [7, 11) is 1.83. The number of hydrogen-bond donors (Lipinski definition) is 0. The lowest BCUT2D eigenvalue weighted by Gasteiger charge is -1.99. The third-order valence-electron chi connectivity index (χ3n) is 2.61. The zero-order valence-electron chi connectivity index (χ0n) is 10.1. The number of Topliss-reactive ketones (excluding diaryl/α,β-unsaturated/α-hetero) is 1. The first-order valence-electron chi connectivity index (χ1n) is 5.66. The van der Waals surface area contributed by atoms with E-state index in [4.69, 9.17) is 0 Å². The Kier molecular flexibility index (Phi) is 3.32. The van der Waals surface area contributed by atoms with Crippen LogP contribution in [0.5, 0.6) is 0 Å². The highest BCUT2D eigenvalue weighted by Gasteiger charge is 2.14. The van der Waals surface area contributed by atoms with Gasteiger partial charge in [-0.25, -0.2) is 0 Å². The number of ketones is 1. The van der Waals surface area contributed by atoms with Crippen molar-refractivity contribution in [2.24, 2.45) is 7.05 Å². The molecule has 0 saturated carbocycles. The number of aryl methyl sites for hydroxylation is 2. The van der Waals surface area contributed by atoms with Gasteiger partial charge in [0.2, 0.25) is 0 Å². The molecular formula is C13H15N3O. The van der Waals surface area contributed by atoms with E-state index in [1.54, 1.807) is 17.1 Å². The molecule has 2 heterocycles. The van der Waals surface area contributed by atoms with E-state index in [9.17, 15) is 4.79 Å². The predicted octanol–water partition coefficient (Wildman–Crippen LogP) is 1.80. The van der Waals surface area contributed by atoms with Crippen molar-refractivity contribution >= 4 is 5.78 Å². The van der Waals surface area contributed by atoms with Crippen molar-refractivity contribution in [3.8, 4) is 0 Å². The highest BCUT2D eigenvalue weighted by atomic mass is 16.1. The molecule has 0 aliphatic heterocycles. The average molecular weight is 229 g/mol. The van der Waals surface area contributed by atoms with Crippen molar-refractivity contribution < 1.29 is 4.79 Å². The zero-order chi connectivity index (χ0) is 12.3. The molecule has 0 aromatic carbocycles. The van der Waals surface area contributed by atoms with Gasteiger partial charge in [0.1, 0.15) is 0 Å². The van der Waals surface area contributed by atoms with E-state index >= 15 is 0 Å². The van der Waals surface area contributed by atoms with Crippen LogP contribution in [-0.4, -0.2) is 20.5 Å². The molecule has 2 aromatic rings. The maximum absolute atomic E-state index is 12.1. The number of pyridine rings is 1. The van der Waals surface area contributed by atoms with Gasteiger partial charge >= 0.3 is 0 Å². The minimum absolute atomic E-state index is 0.0775. The molecular weight excluding hydrogens is 214 g/mol. The second-order valence-corrected chi connectivity index (χ2v) is 3.94. The maximum atomic E-state index is 12.1. The van der Waals surface area contributed by atoms with E-state index in [1.165, 1.54) is 0 Å². The van der Waals surface area contributed by atoms with E-state index in [-0.39, 0.29) is 5.78 Å². The molecule has 0 bridgehead atoms. The smallest absolute Gasteiger partial charge is 0.172 e. The summed E-state index contributed by atoms with van der Waals surface area (Å²) >= 11 is 0. The lowest BCUT2D eigenvalue weighted by atomic mass is 10.1. The Labute approximate surface area is 100 Å². The monoisotopic (exact) mass is 229 g/mol. The van der Waals surface area contributed by atoms with E-state index < -0.39 is 0 Å². The molecule has 0 radical (unpaired) electrons. The molecule has 0 fully saturated rings. The van der Waals surface area contributed by atoms with Gasteiger partial charge in [-0.05, 0) is 18.6 Å². The van der Waals surface area contributed by atoms with Gasteiger partial charge in [0.25, 0.3) is 0 Å². The van der Waals surface area contributed by atoms with Gasteiger partial charge in [0.15, 0.2) is 5.78 Å². The minimum Gasteiger partial charge on any atom is -0.294 e. The molecule has 0 N–H and O–H groups in total. The second kappa shape index (κ2) is 4.91. The predicted molar refractivity (Wildman–Crippen MR) is 64.9 cm³/mol. The van der Waals surface area contributed by atoms with Gasteiger partial charge in [0, 0.05) is 25.1 Å². The van der Waals surface area contributed by atoms with Crippen LogP contribution in [0.3, 0.4) is 0 Å². The van der Waals surface area contributed by atoms with Crippen LogP contribution < -0.4 is 0 Å². The summed E-state index contributed by atoms with van der Waals surface area (Å²) in [6.07, 6.45) is 4.58. The number of carbonyl (C=O) groups is 1. The van der Waals surface area contributed by atoms with Crippen molar-refractivity contribution in [1.82, 2.24) is 14.8 Å². The molecule has 2 aromatic heterocycles. The number of hydrogen-bond acceptors (Lipinski definition) is 3. The maximum Gasteiger partial charge on any atom is 0.172 e. The van der Waals surface area contributed by atoms with Crippen molar-refractivity contribution in [2.75, 3.05) is 0 Å². The molecule has 0 aliphatic carbocycles. The first-order chi connectivity index (χ1) is 8.20. The Morgan fingerprint density at radius 2 is 2.24 bits per heavy atom. The molecule has 0 aliphatic rings. The summed E-state index contributed by atoms with van der Waals surface area (Å²) in [5.41, 5.74) is 2.36. The van der Waals surface area contributed by atoms with Crippen molar-refractivity contribution in [3.05, 3.63) is 47.5 Å². The lowest BCUT2D eigenvalue weighted by Crippen LogP contribution is -2.06. The molecule has 4 nitrogen and oxygen atoms in total. The highest BCUT2D eigenvalue weighted by molar-refractivity contribution is 5.98. The fourth-order valence-corrected chi connectivity index (χ4v) is 1.79. The third kappa shape index (κ3) is 2.58. The quantitative estimate of drug-likeness (QED) is 0.751. The number of aromatic nitrogens is 3. The van der Waals surface area contributed by atoms with Crippen LogP contribution in [-0.2, 0) is 19.9 Å². The Hall–Kier alpha value is -1.97. The second-order valence-electron chi connectivity index (χ2n) is 3.94. The van der Waals surface area contributed by atoms with Crippen LogP contribution in [0.2, 0.25) is 0 Å². The van der Waals surface area contributed by atoms with Crippen LogP contribution in [0, 0.1) is 0 Å². The Morgan fingerprint density at radius 1 is 1.41 bits per heavy atom. The Bertz CT molecular complexity index is 517. The normalized spacial score (nSPS) is 10.5. The summed E-state index contributed by atoms with van der Waals surface area (Å²) in [6, 6.07) is 5.59. The molecule has 0 spiro atoms. The van der Waals surface area contributed by atoms with Gasteiger partial charge < -0.3 is 0 Å². The number of rotatable bonds is 4. The summed E-state index contributed by atoms with van der Waals surface area (Å²) in [6.45, 7) is 2.00. The minimum atomic E-state index is 0.0775. The van der Waals surface area contributed by atoms with Crippen molar-refractivity contribution in [3.63, 3.8) is 0 Å². The molecule has 0 atom stereocenters. The van der Waals surface area contributed by atoms with Gasteiger partial charge in [0.05, 0.1) is 17.7 Å². The van der Waals surface area contributed by atoms with Gasteiger partial charge in [-0.1, -0.05) is 13.0 Å². The molecule has 0 unspecified atom stereocenters. The summed E-state index contributed by atoms with van der Waals surface area (Å²) < 4.78 is 1.69. The van der Waals surface area contributed by atoms with Crippen molar-refractivity contribution in [2.45, 2.75) is 19.8 Å². The van der Waals surface area contributed by atoms with Crippen LogP contribution in [0.15, 0.2) is 30.6 Å². The average Bonchev–Trinajstić information content (AvgIpc) is 2.72. The fraction of sp³-hybridized carbons (Fsp3) is 0.308. The first kappa shape index (κ1) is 11.5. The molecule has 17 heavy (non-hydrogen) atoms. The van der Waals surface area contributed by atoms with E-state index in [0.29, 0.717) is 12.0 Å². The van der Waals surface area contributed by atoms with Gasteiger partial charge in [-0.3, -0.25) is 14.5 Å². The SMILES string of the molecule is CCc1nn(C)cc1C(=O)Cc1ccccn1. The molecule has 0 amide bonds. The van der Waals surface area contributed by atoms with Crippen molar-refractivity contribution in [1.29, 1.82) is 0 Å². The Morgan fingerprint density at radius 3 is 2.88 bits per heavy atom. The molecule has 88 valence electrons. The summed E-state index contributed by atoms with van der Waals surface area (Å²) in [4.78, 5) is 16.3. The van der Waals surface area contributed by atoms with Gasteiger partial charge in [-0.2, -0.15) is 5.10 Å². The third-order valence-corrected chi connectivity index (χ3v) is 2.61. The molecule has 0 saturated heterocycles. The summed E-state index contributed by atoms with van der Waals surface area (Å²) in [5.74, 6) is 0.0775. The van der Waals surface area contributed by atoms with Crippen LogP contribution in [0.25, 0.3) is 0 Å². The topological polar surface area (TPSA) is 47.8 Å². The highest BCUT2D eigenvalue weighted by Crippen LogP contribution is 2.10.